The fraction of sp³-hybridized carbons (Fsp3) is 0.704. The van der Waals surface area contributed by atoms with E-state index in [9.17, 15) is 4.79 Å². The Bertz CT molecular complexity index is 3430. The Morgan fingerprint density at radius 1 is 0.681 bits per heavy atom. The van der Waals surface area contributed by atoms with Crippen LogP contribution in [0.15, 0.2) is 41.4 Å². The molecule has 4 saturated heterocycles. The molecule has 20 heteroatoms. The monoisotopic (exact) mass is 1410 g/mol. The maximum Gasteiger partial charge on any atom is 0.0122 e. The third-order valence-electron chi connectivity index (χ3n) is 22.3. The van der Waals surface area contributed by atoms with Gasteiger partial charge in [-0.3, -0.25) is 0 Å². The summed E-state index contributed by atoms with van der Waals surface area (Å²) in [4.78, 5) is 23.5. The van der Waals surface area contributed by atoms with Gasteiger partial charge in [-0.1, -0.05) is 6.92 Å². The maximum absolute atomic E-state index is 14.3. The van der Waals surface area contributed by atoms with Gasteiger partial charge in [0.25, 0.3) is 8.53 Å². The van der Waals surface area contributed by atoms with E-state index in [1.165, 1.54) is 0 Å². The zero-order valence-electron chi connectivity index (χ0n) is 60.0. The third-order valence-corrected chi connectivity index (χ3v) is 42.3. The number of amides is 1. The minimum atomic E-state index is -6.09. The van der Waals surface area contributed by atoms with Gasteiger partial charge < -0.3 is 18.6 Å². The molecule has 3 aromatic rings. The van der Waals surface area contributed by atoms with Gasteiger partial charge in [0.15, 0.2) is 0 Å². The SMILES string of the molecule is [C-]#[N+]CCOP(OC(CC)COCCCNC(=O)c1ccc(C2=c3cc4c(c([As]56(OC(C)(C)C(C)(C)O5)OC(C)(C)C(C)(C)O6)c3Oc3c2cc2c(c3[As]35(OC(C)(C)C(C)(C)O3)OC(C)(C)C(C)(C)O5)CC(C)C2(C)C)=NC(C)C4(C)C)cc1)N(C(C)C)C(C)C. The quantitative estimate of drug-likeness (QED) is 0.0409. The Kier molecular flexibility index (Phi) is 17.6. The summed E-state index contributed by atoms with van der Waals surface area (Å²) in [5.41, 5.74) is -2.18. The molecule has 506 valence electrons. The van der Waals surface area contributed by atoms with Crippen molar-refractivity contribution in [3.8, 4) is 11.5 Å². The molecule has 0 aromatic heterocycles. The van der Waals surface area contributed by atoms with Crippen LogP contribution in [-0.4, -0.2) is 140 Å². The molecular formula is C71H109As2N4O13P. The van der Waals surface area contributed by atoms with Gasteiger partial charge in [0, 0.05) is 18.7 Å². The molecule has 6 aliphatic heterocycles. The molecule has 0 saturated carbocycles. The van der Waals surface area contributed by atoms with Crippen LogP contribution in [0.4, 0.5) is 0 Å². The van der Waals surface area contributed by atoms with Crippen molar-refractivity contribution in [2.45, 2.75) is 286 Å². The minimum absolute atomic E-state index is 0.166. The van der Waals surface area contributed by atoms with Crippen LogP contribution in [0.1, 0.15) is 238 Å². The Morgan fingerprint density at radius 2 is 1.16 bits per heavy atom. The summed E-state index contributed by atoms with van der Waals surface area (Å²) in [7, 11) is -1.40. The van der Waals surface area contributed by atoms with Gasteiger partial charge >= 0.3 is 429 Å². The molecule has 4 atom stereocenters. The topological polar surface area (TPSA) is 160 Å². The number of rotatable bonds is 19. The summed E-state index contributed by atoms with van der Waals surface area (Å²) in [6.45, 7) is 66.2. The van der Waals surface area contributed by atoms with Crippen molar-refractivity contribution in [3.05, 3.63) is 91.8 Å². The molecule has 2 spiro atoms. The number of hydrogen-bond donors (Lipinski definition) is 1. The van der Waals surface area contributed by atoms with Crippen LogP contribution in [0.25, 0.3) is 10.4 Å². The maximum atomic E-state index is 14.3. The average Bonchev–Trinajstić information content (AvgIpc) is 1.51. The van der Waals surface area contributed by atoms with Crippen LogP contribution in [0.5, 0.6) is 11.5 Å². The molecule has 3 aromatic carbocycles. The van der Waals surface area contributed by atoms with Gasteiger partial charge in [-0.2, -0.15) is 0 Å². The second-order valence-corrected chi connectivity index (χ2v) is 45.5. The van der Waals surface area contributed by atoms with Gasteiger partial charge in [-0.15, -0.1) is 0 Å². The van der Waals surface area contributed by atoms with Gasteiger partial charge in [-0.25, -0.2) is 11.2 Å². The summed E-state index contributed by atoms with van der Waals surface area (Å²) in [5.74, 6) is 0.892. The van der Waals surface area contributed by atoms with Crippen LogP contribution in [0.3, 0.4) is 0 Å². The predicted octanol–water partition coefficient (Wildman–Crippen LogP) is 12.6. The molecule has 4 fully saturated rings. The van der Waals surface area contributed by atoms with Crippen molar-refractivity contribution < 1.29 is 53.1 Å². The molecule has 10 rings (SSSR count). The van der Waals surface area contributed by atoms with Crippen molar-refractivity contribution in [3.63, 3.8) is 0 Å². The molecule has 6 heterocycles. The van der Waals surface area contributed by atoms with E-state index < -0.39 is 86.4 Å². The molecular weight excluding hydrogens is 1300 g/mol. The smallest absolute Gasteiger partial charge is 0.0122 e. The van der Waals surface area contributed by atoms with Crippen molar-refractivity contribution in [1.82, 2.24) is 9.99 Å². The van der Waals surface area contributed by atoms with E-state index in [0.717, 1.165) is 45.0 Å². The predicted molar refractivity (Wildman–Crippen MR) is 362 cm³/mol. The Balaban J connectivity index is 1.15. The molecule has 0 radical (unpaired) electrons. The van der Waals surface area contributed by atoms with Gasteiger partial charge in [0.05, 0.1) is 12.7 Å². The Hall–Kier alpha value is -2.84. The normalized spacial score (nSPS) is 28.0. The fourth-order valence-electron chi connectivity index (χ4n) is 13.7. The first kappa shape index (κ1) is 70.9. The number of hydrogen-bond acceptors (Lipinski definition) is 15. The van der Waals surface area contributed by atoms with E-state index >= 15 is 0 Å². The second kappa shape index (κ2) is 22.6. The van der Waals surface area contributed by atoms with Crippen molar-refractivity contribution in [2.24, 2.45) is 10.9 Å². The van der Waals surface area contributed by atoms with Crippen LogP contribution >= 0.6 is 8.53 Å². The Morgan fingerprint density at radius 3 is 1.63 bits per heavy atom. The van der Waals surface area contributed by atoms with E-state index in [4.69, 9.17) is 59.9 Å². The van der Waals surface area contributed by atoms with Crippen molar-refractivity contribution in [2.75, 3.05) is 32.9 Å². The minimum Gasteiger partial charge on any atom is -0.232 e. The molecule has 1 aliphatic carbocycles. The zero-order chi connectivity index (χ0) is 67.5. The number of carbonyl (C=O) groups excluding carboxylic acids is 1. The van der Waals surface area contributed by atoms with E-state index in [1.54, 1.807) is 0 Å². The number of carbonyl (C=O) groups is 1. The molecule has 1 amide bonds. The first-order chi connectivity index (χ1) is 41.6. The summed E-state index contributed by atoms with van der Waals surface area (Å²) in [5, 5.41) is 4.61. The Labute approximate surface area is 549 Å². The first-order valence-corrected chi connectivity index (χ1v) is 42.4. The number of nitrogens with one attached hydrogen (secondary N) is 1. The molecule has 4 unspecified atom stereocenters. The second-order valence-electron chi connectivity index (χ2n) is 32.3. The van der Waals surface area contributed by atoms with E-state index in [2.05, 4.69) is 214 Å². The van der Waals surface area contributed by atoms with E-state index in [0.29, 0.717) is 70.3 Å². The standard InChI is InChI=1S/C71H109As2N4O13P/c1-29-49(82-91(80-38-36-74-28)77(43(2)3)44(4)5)42-79-37-30-35-75-61(78)48-33-31-47(32-34-48)55-51-40-53-50(39-45(6)62(53,8)9)56(72(83-64(12,13)65(14,15)84-72)85-66(16,17)67(18,19)86-72)59(51)81-60-52(55)41-54-58(76-46(7)63(54,10)11)57(60)73(87-68(20,21)69(22,23)88-73)89-70(24,25)71(26,27)90-73/h31-34,40-41,43-46,49H,29-30,35-39,42H2,1-27H3,(H,75,78). The molecule has 0 bridgehead atoms. The number of fused-ring (bicyclic) bond motifs is 4. The van der Waals surface area contributed by atoms with Crippen LogP contribution in [-0.2, 0) is 60.8 Å². The van der Waals surface area contributed by atoms with E-state index in [1.807, 2.05) is 24.3 Å². The molecule has 1 N–H and O–H groups in total. The van der Waals surface area contributed by atoms with Crippen LogP contribution in [0, 0.1) is 12.5 Å². The molecule has 7 aliphatic rings. The number of ether oxygens (including phenoxy) is 2. The fourth-order valence-corrected chi connectivity index (χ4v) is 39.4. The molecule has 17 nitrogen and oxygen atoms in total. The van der Waals surface area contributed by atoms with Gasteiger partial charge in [-0.05, 0) is 34.1 Å². The van der Waals surface area contributed by atoms with Crippen molar-refractivity contribution in [1.29, 1.82) is 0 Å². The van der Waals surface area contributed by atoms with Gasteiger partial charge in [0.2, 0.25) is 6.54 Å². The van der Waals surface area contributed by atoms with Crippen LogP contribution in [0.2, 0.25) is 0 Å². The van der Waals surface area contributed by atoms with Gasteiger partial charge in [0.1, 0.15) is 6.61 Å². The summed E-state index contributed by atoms with van der Waals surface area (Å²) >= 11 is -12.1. The largest absolute Gasteiger partial charge is 0.232 e. The summed E-state index contributed by atoms with van der Waals surface area (Å²) < 4.78 is 93.1. The molecule has 91 heavy (non-hydrogen) atoms. The number of nitrogens with zero attached hydrogens (tertiary/aromatic N) is 3. The van der Waals surface area contributed by atoms with E-state index in [-0.39, 0.29) is 48.0 Å². The third kappa shape index (κ3) is 11.1. The first-order valence-electron chi connectivity index (χ1n) is 33.3. The zero-order valence-corrected chi connectivity index (χ0v) is 64.6. The summed E-state index contributed by atoms with van der Waals surface area (Å²) in [6.07, 6.45) is 1.78. The van der Waals surface area contributed by atoms with Crippen LogP contribution < -0.4 is 29.3 Å². The summed E-state index contributed by atoms with van der Waals surface area (Å²) in [6, 6.07) is 12.7. The van der Waals surface area contributed by atoms with Crippen molar-refractivity contribution >= 4 is 56.3 Å². The average molecular weight is 1410 g/mol. The number of benzene rings is 3.